The Kier molecular flexibility index (Phi) is 1.82. The summed E-state index contributed by atoms with van der Waals surface area (Å²) in [6, 6.07) is 0. The maximum Gasteiger partial charge on any atom is 0.139 e. The topological polar surface area (TPSA) is 17.1 Å². The van der Waals surface area contributed by atoms with Crippen LogP contribution in [-0.2, 0) is 4.79 Å². The summed E-state index contributed by atoms with van der Waals surface area (Å²) in [5.74, 6) is 1.15. The minimum absolute atomic E-state index is 0.00694. The third kappa shape index (κ3) is 1.03. The lowest BCUT2D eigenvalue weighted by atomic mass is 9.62. The second-order valence-electron chi connectivity index (χ2n) is 4.34. The van der Waals surface area contributed by atoms with Crippen LogP contribution in [0.25, 0.3) is 0 Å². The second kappa shape index (κ2) is 2.72. The summed E-state index contributed by atoms with van der Waals surface area (Å²) in [5.41, 5.74) is 0.00694. The van der Waals surface area contributed by atoms with Crippen molar-refractivity contribution >= 4 is 5.78 Å². The molecule has 0 spiro atoms. The van der Waals surface area contributed by atoms with Gasteiger partial charge in [0.1, 0.15) is 5.78 Å². The smallest absolute Gasteiger partial charge is 0.139 e. The van der Waals surface area contributed by atoms with E-state index in [1.807, 2.05) is 0 Å². The molecule has 0 aromatic rings. The van der Waals surface area contributed by atoms with Crippen LogP contribution in [0.3, 0.4) is 0 Å². The monoisotopic (exact) mass is 164 g/mol. The highest BCUT2D eigenvalue weighted by Gasteiger charge is 2.42. The molecule has 0 aromatic heterocycles. The Bertz CT molecular complexity index is 229. The van der Waals surface area contributed by atoms with Gasteiger partial charge in [0.15, 0.2) is 0 Å². The van der Waals surface area contributed by atoms with Gasteiger partial charge in [-0.15, -0.1) is 0 Å². The van der Waals surface area contributed by atoms with Crippen LogP contribution in [0.5, 0.6) is 0 Å². The number of carbonyl (C=O) groups is 1. The Morgan fingerprint density at radius 3 is 3.08 bits per heavy atom. The van der Waals surface area contributed by atoms with Crippen molar-refractivity contribution in [1.29, 1.82) is 0 Å². The van der Waals surface area contributed by atoms with Gasteiger partial charge in [-0.05, 0) is 31.6 Å². The van der Waals surface area contributed by atoms with E-state index in [0.717, 1.165) is 25.7 Å². The van der Waals surface area contributed by atoms with Crippen molar-refractivity contribution in [3.8, 4) is 0 Å². The van der Waals surface area contributed by atoms with Gasteiger partial charge >= 0.3 is 0 Å². The fraction of sp³-hybridized carbons (Fsp3) is 0.727. The van der Waals surface area contributed by atoms with Gasteiger partial charge in [0.05, 0.1) is 0 Å². The first-order valence-electron chi connectivity index (χ1n) is 4.92. The predicted octanol–water partition coefficient (Wildman–Crippen LogP) is 2.71. The SMILES string of the molecule is C[C@]12CC=CC[C@@H]1CCCC2=O. The molecule has 2 aliphatic rings. The van der Waals surface area contributed by atoms with Crippen molar-refractivity contribution < 1.29 is 4.79 Å². The molecular weight excluding hydrogens is 148 g/mol. The second-order valence-corrected chi connectivity index (χ2v) is 4.34. The Labute approximate surface area is 73.8 Å². The zero-order chi connectivity index (χ0) is 8.60. The van der Waals surface area contributed by atoms with E-state index in [2.05, 4.69) is 19.1 Å². The summed E-state index contributed by atoms with van der Waals surface area (Å²) in [5, 5.41) is 0. The van der Waals surface area contributed by atoms with Gasteiger partial charge in [0, 0.05) is 11.8 Å². The molecule has 1 fully saturated rings. The predicted molar refractivity (Wildman–Crippen MR) is 48.8 cm³/mol. The molecule has 66 valence electrons. The maximum atomic E-state index is 11.7. The van der Waals surface area contributed by atoms with Crippen molar-refractivity contribution in [2.24, 2.45) is 11.3 Å². The minimum atomic E-state index is 0.00694. The van der Waals surface area contributed by atoms with E-state index in [0.29, 0.717) is 11.7 Å². The Morgan fingerprint density at radius 2 is 2.33 bits per heavy atom. The van der Waals surface area contributed by atoms with E-state index in [1.54, 1.807) is 0 Å². The maximum absolute atomic E-state index is 11.7. The first-order valence-corrected chi connectivity index (χ1v) is 4.92. The number of ketones is 1. The molecule has 1 heteroatoms. The van der Waals surface area contributed by atoms with Crippen molar-refractivity contribution in [1.82, 2.24) is 0 Å². The summed E-state index contributed by atoms with van der Waals surface area (Å²) in [6.45, 7) is 2.16. The van der Waals surface area contributed by atoms with Gasteiger partial charge in [-0.25, -0.2) is 0 Å². The first-order chi connectivity index (χ1) is 5.73. The van der Waals surface area contributed by atoms with Gasteiger partial charge in [0.2, 0.25) is 0 Å². The van der Waals surface area contributed by atoms with E-state index in [-0.39, 0.29) is 5.41 Å². The molecule has 2 atom stereocenters. The van der Waals surface area contributed by atoms with E-state index in [9.17, 15) is 4.79 Å². The first kappa shape index (κ1) is 8.03. The van der Waals surface area contributed by atoms with E-state index in [4.69, 9.17) is 0 Å². The highest BCUT2D eigenvalue weighted by molar-refractivity contribution is 5.85. The molecule has 0 saturated heterocycles. The lowest BCUT2D eigenvalue weighted by Gasteiger charge is -2.41. The summed E-state index contributed by atoms with van der Waals surface area (Å²) < 4.78 is 0. The number of hydrogen-bond donors (Lipinski definition) is 0. The fourth-order valence-electron chi connectivity index (χ4n) is 2.59. The number of allylic oxidation sites excluding steroid dienone is 2. The number of carbonyl (C=O) groups excluding carboxylic acids is 1. The normalized spacial score (nSPS) is 41.1. The third-order valence-corrected chi connectivity index (χ3v) is 3.62. The molecule has 0 bridgehead atoms. The minimum Gasteiger partial charge on any atom is -0.299 e. The number of rotatable bonds is 0. The number of Topliss-reactive ketones (excluding diaryl/α,β-unsaturated/α-hetero) is 1. The molecule has 0 heterocycles. The number of hydrogen-bond acceptors (Lipinski definition) is 1. The quantitative estimate of drug-likeness (QED) is 0.503. The van der Waals surface area contributed by atoms with E-state index in [1.165, 1.54) is 6.42 Å². The van der Waals surface area contributed by atoms with E-state index >= 15 is 0 Å². The lowest BCUT2D eigenvalue weighted by Crippen LogP contribution is -2.40. The van der Waals surface area contributed by atoms with Crippen LogP contribution in [0.1, 0.15) is 39.0 Å². The molecule has 2 aliphatic carbocycles. The van der Waals surface area contributed by atoms with Crippen LogP contribution >= 0.6 is 0 Å². The average Bonchev–Trinajstić information content (AvgIpc) is 2.07. The van der Waals surface area contributed by atoms with Gasteiger partial charge in [0.25, 0.3) is 0 Å². The van der Waals surface area contributed by atoms with Crippen LogP contribution in [0.4, 0.5) is 0 Å². The molecule has 2 rings (SSSR count). The Hall–Kier alpha value is -0.590. The van der Waals surface area contributed by atoms with Crippen molar-refractivity contribution in [2.75, 3.05) is 0 Å². The zero-order valence-corrected chi connectivity index (χ0v) is 7.68. The largest absolute Gasteiger partial charge is 0.299 e. The summed E-state index contributed by atoms with van der Waals surface area (Å²) in [6.07, 6.45) is 9.73. The molecule has 0 unspecified atom stereocenters. The molecule has 0 amide bonds. The molecular formula is C11H16O. The van der Waals surface area contributed by atoms with Crippen LogP contribution in [0.2, 0.25) is 0 Å². The Balaban J connectivity index is 2.27. The summed E-state index contributed by atoms with van der Waals surface area (Å²) in [7, 11) is 0. The van der Waals surface area contributed by atoms with Gasteiger partial charge in [-0.3, -0.25) is 4.79 Å². The van der Waals surface area contributed by atoms with Gasteiger partial charge in [-0.2, -0.15) is 0 Å². The molecule has 12 heavy (non-hydrogen) atoms. The van der Waals surface area contributed by atoms with Crippen molar-refractivity contribution in [3.63, 3.8) is 0 Å². The molecule has 1 saturated carbocycles. The fourth-order valence-corrected chi connectivity index (χ4v) is 2.59. The average molecular weight is 164 g/mol. The highest BCUT2D eigenvalue weighted by Crippen LogP contribution is 2.45. The van der Waals surface area contributed by atoms with Crippen LogP contribution in [0, 0.1) is 11.3 Å². The zero-order valence-electron chi connectivity index (χ0n) is 7.68. The Morgan fingerprint density at radius 1 is 1.50 bits per heavy atom. The summed E-state index contributed by atoms with van der Waals surface area (Å²) >= 11 is 0. The molecule has 1 nitrogen and oxygen atoms in total. The highest BCUT2D eigenvalue weighted by atomic mass is 16.1. The molecule has 0 aromatic carbocycles. The lowest BCUT2D eigenvalue weighted by molar-refractivity contribution is -0.134. The van der Waals surface area contributed by atoms with Crippen LogP contribution in [0.15, 0.2) is 12.2 Å². The summed E-state index contributed by atoms with van der Waals surface area (Å²) in [4.78, 5) is 11.7. The third-order valence-electron chi connectivity index (χ3n) is 3.62. The van der Waals surface area contributed by atoms with Crippen LogP contribution < -0.4 is 0 Å². The molecule has 0 N–H and O–H groups in total. The molecule has 0 aliphatic heterocycles. The van der Waals surface area contributed by atoms with E-state index < -0.39 is 0 Å². The van der Waals surface area contributed by atoms with Gasteiger partial charge < -0.3 is 0 Å². The molecule has 0 radical (unpaired) electrons. The van der Waals surface area contributed by atoms with Crippen molar-refractivity contribution in [2.45, 2.75) is 39.0 Å². The van der Waals surface area contributed by atoms with Crippen molar-refractivity contribution in [3.05, 3.63) is 12.2 Å². The van der Waals surface area contributed by atoms with Crippen LogP contribution in [-0.4, -0.2) is 5.78 Å². The van der Waals surface area contributed by atoms with Gasteiger partial charge in [-0.1, -0.05) is 19.1 Å². The number of fused-ring (bicyclic) bond motifs is 1. The standard InChI is InChI=1S/C11H16O/c1-11-8-3-2-5-9(11)6-4-7-10(11)12/h2-3,9H,4-8H2,1H3/t9-,11+/m1/s1.